The van der Waals surface area contributed by atoms with E-state index in [-0.39, 0.29) is 42.4 Å². The number of esters is 1. The van der Waals surface area contributed by atoms with E-state index >= 15 is 4.79 Å². The van der Waals surface area contributed by atoms with Crippen LogP contribution in [0.15, 0.2) is 66.7 Å². The molecule has 0 radical (unpaired) electrons. The summed E-state index contributed by atoms with van der Waals surface area (Å²) in [7, 11) is 0. The van der Waals surface area contributed by atoms with Crippen LogP contribution in [0.1, 0.15) is 69.9 Å². The maximum absolute atomic E-state index is 15.5. The zero-order valence-corrected chi connectivity index (χ0v) is 27.6. The number of rotatable bonds is 5. The van der Waals surface area contributed by atoms with E-state index in [1.165, 1.54) is 0 Å². The van der Waals surface area contributed by atoms with Crippen LogP contribution in [-0.4, -0.2) is 70.1 Å². The molecule has 4 heterocycles. The molecule has 250 valence electrons. The van der Waals surface area contributed by atoms with Crippen molar-refractivity contribution < 1.29 is 29.6 Å². The fourth-order valence-electron chi connectivity index (χ4n) is 12.0. The SMILES string of the molecule is C=C1CC[C@@H]2[C@](C)(CO)[C@H](O)CC[C@@]2(C)[C@@H]1CC1[C@@]2(C(=O)OC[C@H]2O)C2CCCN2[C@]12C(=O)N(Cc1ccccc1)c1ccccc12. The first-order chi connectivity index (χ1) is 22.6. The molecule has 4 aliphatic heterocycles. The molecule has 10 atom stereocenters. The van der Waals surface area contributed by atoms with Gasteiger partial charge in [0.15, 0.2) is 0 Å². The van der Waals surface area contributed by atoms with Gasteiger partial charge in [-0.1, -0.05) is 74.5 Å². The van der Waals surface area contributed by atoms with Crippen LogP contribution in [0.3, 0.4) is 0 Å². The summed E-state index contributed by atoms with van der Waals surface area (Å²) in [5, 5.41) is 33.9. The standard InChI is InChI=1S/C39H48N2O6/c1-24-15-16-29-36(2,18-17-32(43)37(29,3)23-42)27(24)20-30-38(33(44)22-47-35(38)46)31-14-9-19-41(31)39(30)26-12-7-8-13-28(26)40(34(39)45)21-25-10-5-4-6-11-25/h4-8,10-13,27,29-33,42-44H,1,9,14-23H2,2-3H3/t27-,29+,30?,31?,32-,33-,36+,37+,38-,39+/m1/s1. The minimum atomic E-state index is -1.26. The number of aliphatic hydroxyl groups is 3. The van der Waals surface area contributed by atoms with Crippen LogP contribution >= 0.6 is 0 Å². The van der Waals surface area contributed by atoms with Crippen LogP contribution in [0.5, 0.6) is 0 Å². The number of cyclic esters (lactones) is 1. The summed E-state index contributed by atoms with van der Waals surface area (Å²) in [4.78, 5) is 34.1. The van der Waals surface area contributed by atoms with Gasteiger partial charge in [0, 0.05) is 28.6 Å². The molecule has 2 spiro atoms. The number of fused-ring (bicyclic) bond motifs is 6. The van der Waals surface area contributed by atoms with Crippen LogP contribution in [-0.2, 0) is 26.4 Å². The largest absolute Gasteiger partial charge is 0.462 e. The minimum absolute atomic E-state index is 0.0361. The maximum atomic E-state index is 15.5. The van der Waals surface area contributed by atoms with Gasteiger partial charge in [-0.3, -0.25) is 14.5 Å². The molecule has 2 aliphatic carbocycles. The molecule has 0 bridgehead atoms. The second-order valence-electron chi connectivity index (χ2n) is 15.9. The van der Waals surface area contributed by atoms with Crippen LogP contribution < -0.4 is 4.90 Å². The van der Waals surface area contributed by atoms with Crippen molar-refractivity contribution in [2.45, 2.75) is 89.1 Å². The molecule has 6 aliphatic rings. The Bertz CT molecular complexity index is 1610. The fraction of sp³-hybridized carbons (Fsp3) is 0.590. The Labute approximate surface area is 277 Å². The summed E-state index contributed by atoms with van der Waals surface area (Å²) in [6, 6.07) is 17.7. The molecule has 2 unspecified atom stereocenters. The van der Waals surface area contributed by atoms with E-state index in [4.69, 9.17) is 4.74 Å². The number of ether oxygens (including phenoxy) is 1. The van der Waals surface area contributed by atoms with Crippen molar-refractivity contribution in [3.8, 4) is 0 Å². The smallest absolute Gasteiger partial charge is 0.316 e. The lowest BCUT2D eigenvalue weighted by atomic mass is 9.44. The van der Waals surface area contributed by atoms with Crippen molar-refractivity contribution in [2.75, 3.05) is 24.7 Å². The van der Waals surface area contributed by atoms with Gasteiger partial charge in [0.2, 0.25) is 0 Å². The zero-order valence-electron chi connectivity index (χ0n) is 27.6. The van der Waals surface area contributed by atoms with Gasteiger partial charge in [-0.25, -0.2) is 0 Å². The van der Waals surface area contributed by atoms with Crippen LogP contribution in [0.4, 0.5) is 5.69 Å². The molecule has 2 aromatic carbocycles. The normalized spacial score (nSPS) is 42.7. The van der Waals surface area contributed by atoms with E-state index in [2.05, 4.69) is 24.5 Å². The Kier molecular flexibility index (Phi) is 7.13. The number of carbonyl (C=O) groups excluding carboxylic acids is 2. The number of carbonyl (C=O) groups is 2. The minimum Gasteiger partial charge on any atom is -0.462 e. The lowest BCUT2D eigenvalue weighted by molar-refractivity contribution is -0.161. The second-order valence-corrected chi connectivity index (χ2v) is 15.9. The van der Waals surface area contributed by atoms with Crippen molar-refractivity contribution in [1.82, 2.24) is 4.90 Å². The van der Waals surface area contributed by atoms with Gasteiger partial charge in [0.05, 0.1) is 19.3 Å². The summed E-state index contributed by atoms with van der Waals surface area (Å²) in [5.74, 6) is -1.04. The van der Waals surface area contributed by atoms with Gasteiger partial charge < -0.3 is 25.0 Å². The molecule has 8 heteroatoms. The molecular weight excluding hydrogens is 592 g/mol. The molecule has 8 rings (SSSR count). The Morgan fingerprint density at radius 1 is 0.979 bits per heavy atom. The number of anilines is 1. The first-order valence-corrected chi connectivity index (χ1v) is 17.6. The molecule has 47 heavy (non-hydrogen) atoms. The first kappa shape index (κ1) is 31.2. The van der Waals surface area contributed by atoms with E-state index in [1.807, 2.05) is 60.4 Å². The van der Waals surface area contributed by atoms with E-state index < -0.39 is 40.5 Å². The molecule has 2 aromatic rings. The number of para-hydroxylation sites is 1. The Morgan fingerprint density at radius 3 is 2.45 bits per heavy atom. The van der Waals surface area contributed by atoms with Crippen molar-refractivity contribution in [2.24, 2.45) is 34.0 Å². The lowest BCUT2D eigenvalue weighted by Crippen LogP contribution is -2.59. The summed E-state index contributed by atoms with van der Waals surface area (Å²) in [6.45, 7) is 9.80. The first-order valence-electron chi connectivity index (χ1n) is 17.6. The Balaban J connectivity index is 1.32. The monoisotopic (exact) mass is 640 g/mol. The Morgan fingerprint density at radius 2 is 1.72 bits per heavy atom. The molecule has 8 nitrogen and oxygen atoms in total. The van der Waals surface area contributed by atoms with Crippen molar-refractivity contribution in [1.29, 1.82) is 0 Å². The zero-order chi connectivity index (χ0) is 32.9. The van der Waals surface area contributed by atoms with E-state index in [9.17, 15) is 20.1 Å². The third-order valence-electron chi connectivity index (χ3n) is 14.1. The van der Waals surface area contributed by atoms with Crippen molar-refractivity contribution in [3.63, 3.8) is 0 Å². The number of aliphatic hydroxyl groups excluding tert-OH is 3. The van der Waals surface area contributed by atoms with Crippen LogP contribution in [0.2, 0.25) is 0 Å². The molecular formula is C39H48N2O6. The number of hydrogen-bond acceptors (Lipinski definition) is 7. The third-order valence-corrected chi connectivity index (χ3v) is 14.1. The number of benzene rings is 2. The topological polar surface area (TPSA) is 111 Å². The Hall–Kier alpha value is -3.04. The third kappa shape index (κ3) is 3.84. The summed E-state index contributed by atoms with van der Waals surface area (Å²) >= 11 is 0. The van der Waals surface area contributed by atoms with Gasteiger partial charge in [-0.05, 0) is 80.4 Å². The molecule has 5 fully saturated rings. The second kappa shape index (κ2) is 10.7. The van der Waals surface area contributed by atoms with Crippen LogP contribution in [0.25, 0.3) is 0 Å². The average Bonchev–Trinajstić information content (AvgIpc) is 3.79. The number of nitrogens with zero attached hydrogens (tertiary/aromatic N) is 2. The van der Waals surface area contributed by atoms with Crippen LogP contribution in [0, 0.1) is 34.0 Å². The fourth-order valence-corrected chi connectivity index (χ4v) is 12.0. The maximum Gasteiger partial charge on any atom is 0.316 e. The highest BCUT2D eigenvalue weighted by Crippen LogP contribution is 2.70. The molecule has 0 aromatic heterocycles. The molecule has 1 amide bonds. The summed E-state index contributed by atoms with van der Waals surface area (Å²) < 4.78 is 5.77. The van der Waals surface area contributed by atoms with Gasteiger partial charge >= 0.3 is 5.97 Å². The number of allylic oxidation sites excluding steroid dienone is 1. The molecule has 3 N–H and O–H groups in total. The quantitative estimate of drug-likeness (QED) is 0.325. The highest BCUT2D eigenvalue weighted by atomic mass is 16.6. The highest BCUT2D eigenvalue weighted by molar-refractivity contribution is 6.09. The summed E-state index contributed by atoms with van der Waals surface area (Å²) in [5.41, 5.74) is 0.479. The van der Waals surface area contributed by atoms with Gasteiger partial charge in [-0.2, -0.15) is 0 Å². The van der Waals surface area contributed by atoms with Gasteiger partial charge in [0.25, 0.3) is 5.91 Å². The van der Waals surface area contributed by atoms with E-state index in [0.717, 1.165) is 48.1 Å². The van der Waals surface area contributed by atoms with E-state index in [1.54, 1.807) is 0 Å². The van der Waals surface area contributed by atoms with Crippen molar-refractivity contribution in [3.05, 3.63) is 77.9 Å². The van der Waals surface area contributed by atoms with E-state index in [0.29, 0.717) is 32.4 Å². The molecule has 3 saturated heterocycles. The number of hydrogen-bond donors (Lipinski definition) is 3. The summed E-state index contributed by atoms with van der Waals surface area (Å²) in [6.07, 6.45) is 3.30. The van der Waals surface area contributed by atoms with Gasteiger partial charge in [-0.15, -0.1) is 0 Å². The predicted octanol–water partition coefficient (Wildman–Crippen LogP) is 4.56. The number of amides is 1. The average molecular weight is 641 g/mol. The van der Waals surface area contributed by atoms with Crippen molar-refractivity contribution >= 4 is 17.6 Å². The lowest BCUT2D eigenvalue weighted by Gasteiger charge is -2.60. The molecule has 2 saturated carbocycles. The highest BCUT2D eigenvalue weighted by Gasteiger charge is 2.80. The predicted molar refractivity (Wildman–Crippen MR) is 177 cm³/mol. The van der Waals surface area contributed by atoms with Gasteiger partial charge in [0.1, 0.15) is 23.7 Å².